The van der Waals surface area contributed by atoms with Crippen LogP contribution in [0.15, 0.2) is 24.4 Å². The van der Waals surface area contributed by atoms with Crippen molar-refractivity contribution in [1.82, 2.24) is 9.97 Å². The van der Waals surface area contributed by atoms with Crippen molar-refractivity contribution in [2.75, 3.05) is 5.32 Å². The SMILES string of the molecule is Cl.Cl.O=CNc1nccc(-c2cc(F)c(F)cc2F)n1. The van der Waals surface area contributed by atoms with Crippen molar-refractivity contribution < 1.29 is 18.0 Å². The van der Waals surface area contributed by atoms with Gasteiger partial charge in [-0.2, -0.15) is 0 Å². The molecule has 1 amide bonds. The Morgan fingerprint density at radius 3 is 2.35 bits per heavy atom. The number of carbonyl (C=O) groups is 1. The highest BCUT2D eigenvalue weighted by molar-refractivity contribution is 5.85. The van der Waals surface area contributed by atoms with Gasteiger partial charge in [-0.1, -0.05) is 0 Å². The molecule has 108 valence electrons. The van der Waals surface area contributed by atoms with E-state index in [-0.39, 0.29) is 42.0 Å². The monoisotopic (exact) mass is 325 g/mol. The van der Waals surface area contributed by atoms with Gasteiger partial charge in [0.05, 0.1) is 5.69 Å². The van der Waals surface area contributed by atoms with Crippen LogP contribution in [0.4, 0.5) is 19.1 Å². The van der Waals surface area contributed by atoms with Gasteiger partial charge in [-0.05, 0) is 12.1 Å². The van der Waals surface area contributed by atoms with Crippen molar-refractivity contribution in [2.24, 2.45) is 0 Å². The van der Waals surface area contributed by atoms with Crippen LogP contribution in [0, 0.1) is 17.5 Å². The number of rotatable bonds is 3. The molecule has 0 aliphatic carbocycles. The lowest BCUT2D eigenvalue weighted by Gasteiger charge is -2.05. The van der Waals surface area contributed by atoms with Crippen LogP contribution in [0.1, 0.15) is 0 Å². The van der Waals surface area contributed by atoms with E-state index in [0.29, 0.717) is 18.5 Å². The molecule has 0 saturated heterocycles. The maximum absolute atomic E-state index is 13.5. The first-order valence-electron chi connectivity index (χ1n) is 4.80. The molecule has 0 radical (unpaired) electrons. The van der Waals surface area contributed by atoms with Crippen LogP contribution in [-0.2, 0) is 4.79 Å². The van der Waals surface area contributed by atoms with E-state index in [1.54, 1.807) is 0 Å². The minimum absolute atomic E-state index is 0. The van der Waals surface area contributed by atoms with Crippen LogP contribution in [0.5, 0.6) is 0 Å². The molecule has 2 rings (SSSR count). The summed E-state index contributed by atoms with van der Waals surface area (Å²) in [4.78, 5) is 17.7. The Morgan fingerprint density at radius 1 is 1.05 bits per heavy atom. The van der Waals surface area contributed by atoms with E-state index in [4.69, 9.17) is 0 Å². The van der Waals surface area contributed by atoms with Crippen LogP contribution >= 0.6 is 24.8 Å². The Kier molecular flexibility index (Phi) is 6.95. The van der Waals surface area contributed by atoms with Crippen molar-refractivity contribution in [2.45, 2.75) is 0 Å². The summed E-state index contributed by atoms with van der Waals surface area (Å²) in [5.41, 5.74) is -0.184. The smallest absolute Gasteiger partial charge is 0.229 e. The molecule has 0 aliphatic heterocycles. The molecule has 1 heterocycles. The molecular weight excluding hydrogens is 318 g/mol. The van der Waals surface area contributed by atoms with Gasteiger partial charge in [-0.25, -0.2) is 23.1 Å². The van der Waals surface area contributed by atoms with Crippen LogP contribution in [0.25, 0.3) is 11.3 Å². The van der Waals surface area contributed by atoms with Gasteiger partial charge in [-0.3, -0.25) is 10.1 Å². The van der Waals surface area contributed by atoms with Crippen LogP contribution < -0.4 is 5.32 Å². The fourth-order valence-corrected chi connectivity index (χ4v) is 1.35. The highest BCUT2D eigenvalue weighted by Gasteiger charge is 2.13. The quantitative estimate of drug-likeness (QED) is 0.697. The third-order valence-electron chi connectivity index (χ3n) is 2.13. The Labute approximate surface area is 124 Å². The number of nitrogens with one attached hydrogen (secondary N) is 1. The zero-order valence-electron chi connectivity index (χ0n) is 9.64. The highest BCUT2D eigenvalue weighted by atomic mass is 35.5. The van der Waals surface area contributed by atoms with E-state index in [1.165, 1.54) is 12.3 Å². The number of nitrogens with zero attached hydrogens (tertiary/aromatic N) is 2. The van der Waals surface area contributed by atoms with E-state index in [0.717, 1.165) is 0 Å². The average Bonchev–Trinajstić information content (AvgIpc) is 2.34. The lowest BCUT2D eigenvalue weighted by molar-refractivity contribution is -0.105. The second kappa shape index (κ2) is 7.66. The number of carbonyl (C=O) groups excluding carboxylic acids is 1. The normalized spacial score (nSPS) is 9.15. The van der Waals surface area contributed by atoms with E-state index >= 15 is 0 Å². The fraction of sp³-hybridized carbons (Fsp3) is 0. The minimum Gasteiger partial charge on any atom is -0.297 e. The van der Waals surface area contributed by atoms with E-state index in [1.807, 2.05) is 0 Å². The molecule has 9 heteroatoms. The molecule has 0 aliphatic rings. The van der Waals surface area contributed by atoms with Crippen molar-refractivity contribution >= 4 is 37.2 Å². The molecule has 2 aromatic rings. The Hall–Kier alpha value is -1.86. The van der Waals surface area contributed by atoms with Gasteiger partial charge >= 0.3 is 0 Å². The number of anilines is 1. The summed E-state index contributed by atoms with van der Waals surface area (Å²) in [6.07, 6.45) is 1.61. The number of aromatic nitrogens is 2. The first-order valence-corrected chi connectivity index (χ1v) is 4.80. The van der Waals surface area contributed by atoms with Crippen molar-refractivity contribution in [3.8, 4) is 11.3 Å². The predicted molar refractivity (Wildman–Crippen MR) is 71.5 cm³/mol. The second-order valence-corrected chi connectivity index (χ2v) is 3.27. The predicted octanol–water partition coefficient (Wildman–Crippen LogP) is 2.97. The molecule has 0 bridgehead atoms. The largest absolute Gasteiger partial charge is 0.297 e. The molecule has 1 N–H and O–H groups in total. The second-order valence-electron chi connectivity index (χ2n) is 3.27. The van der Waals surface area contributed by atoms with Gasteiger partial charge in [0, 0.05) is 17.8 Å². The van der Waals surface area contributed by atoms with Gasteiger partial charge in [0.1, 0.15) is 5.82 Å². The maximum Gasteiger partial charge on any atom is 0.229 e. The number of amides is 1. The maximum atomic E-state index is 13.5. The highest BCUT2D eigenvalue weighted by Crippen LogP contribution is 2.23. The third kappa shape index (κ3) is 3.82. The van der Waals surface area contributed by atoms with Gasteiger partial charge in [-0.15, -0.1) is 24.8 Å². The summed E-state index contributed by atoms with van der Waals surface area (Å²) in [5, 5.41) is 2.17. The van der Waals surface area contributed by atoms with Gasteiger partial charge < -0.3 is 0 Å². The van der Waals surface area contributed by atoms with E-state index in [2.05, 4.69) is 15.3 Å². The van der Waals surface area contributed by atoms with E-state index < -0.39 is 17.5 Å². The first-order chi connectivity index (χ1) is 8.61. The lowest BCUT2D eigenvalue weighted by Crippen LogP contribution is -2.01. The van der Waals surface area contributed by atoms with Gasteiger partial charge in [0.25, 0.3) is 0 Å². The van der Waals surface area contributed by atoms with E-state index in [9.17, 15) is 18.0 Å². The molecule has 0 unspecified atom stereocenters. The van der Waals surface area contributed by atoms with Crippen LogP contribution in [0.3, 0.4) is 0 Å². The zero-order valence-corrected chi connectivity index (χ0v) is 11.3. The molecule has 20 heavy (non-hydrogen) atoms. The molecular formula is C11H8Cl2F3N3O. The number of benzene rings is 1. The molecule has 1 aromatic carbocycles. The topological polar surface area (TPSA) is 54.9 Å². The molecule has 0 atom stereocenters. The Balaban J connectivity index is 0.00000180. The van der Waals surface area contributed by atoms with Crippen LogP contribution in [-0.4, -0.2) is 16.4 Å². The summed E-state index contributed by atoms with van der Waals surface area (Å²) >= 11 is 0. The number of halogens is 5. The molecule has 0 fully saturated rings. The van der Waals surface area contributed by atoms with Crippen LogP contribution in [0.2, 0.25) is 0 Å². The van der Waals surface area contributed by atoms with Crippen molar-refractivity contribution in [3.63, 3.8) is 0 Å². The van der Waals surface area contributed by atoms with Gasteiger partial charge in [0.15, 0.2) is 11.6 Å². The Morgan fingerprint density at radius 2 is 1.70 bits per heavy atom. The standard InChI is InChI=1S/C11H6F3N3O.2ClH/c12-7-4-9(14)8(13)3-6(7)10-1-2-15-11(17-10)16-5-18;;/h1-5H,(H,15,16,17,18);2*1H. The summed E-state index contributed by atoms with van der Waals surface area (Å²) < 4.78 is 39.3. The fourth-order valence-electron chi connectivity index (χ4n) is 1.35. The molecule has 1 aromatic heterocycles. The summed E-state index contributed by atoms with van der Waals surface area (Å²) in [6, 6.07) is 2.43. The third-order valence-corrected chi connectivity index (χ3v) is 2.13. The number of hydrogen-bond acceptors (Lipinski definition) is 3. The minimum atomic E-state index is -1.28. The molecule has 0 saturated carbocycles. The Bertz CT molecular complexity index is 613. The summed E-state index contributed by atoms with van der Waals surface area (Å²) in [6.45, 7) is 0. The van der Waals surface area contributed by atoms with Crippen molar-refractivity contribution in [3.05, 3.63) is 41.8 Å². The van der Waals surface area contributed by atoms with Crippen molar-refractivity contribution in [1.29, 1.82) is 0 Å². The zero-order chi connectivity index (χ0) is 13.1. The molecule has 4 nitrogen and oxygen atoms in total. The average molecular weight is 326 g/mol. The number of hydrogen-bond donors (Lipinski definition) is 1. The first kappa shape index (κ1) is 18.1. The summed E-state index contributed by atoms with van der Waals surface area (Å²) in [7, 11) is 0. The van der Waals surface area contributed by atoms with Gasteiger partial charge in [0.2, 0.25) is 12.4 Å². The molecule has 0 spiro atoms. The lowest BCUT2D eigenvalue weighted by atomic mass is 10.1. The summed E-state index contributed by atoms with van der Waals surface area (Å²) in [5.74, 6) is -3.48.